The van der Waals surface area contributed by atoms with E-state index in [0.717, 1.165) is 31.6 Å². The Hall–Kier alpha value is -1.58. The molecular weight excluding hydrogens is 204 g/mol. The predicted molar refractivity (Wildman–Crippen MR) is 61.2 cm³/mol. The average Bonchev–Trinajstić information content (AvgIpc) is 2.39. The third kappa shape index (κ3) is 2.15. The van der Waals surface area contributed by atoms with Gasteiger partial charge in [-0.05, 0) is 31.4 Å². The molecule has 1 unspecified atom stereocenters. The number of carbonyl (C=O) groups excluding carboxylic acids is 1. The average molecular weight is 220 g/mol. The van der Waals surface area contributed by atoms with Crippen LogP contribution >= 0.6 is 0 Å². The summed E-state index contributed by atoms with van der Waals surface area (Å²) in [6, 6.07) is 5.57. The number of aromatic nitrogens is 1. The highest BCUT2D eigenvalue weighted by atomic mass is 16.5. The van der Waals surface area contributed by atoms with Gasteiger partial charge in [0.05, 0.1) is 7.11 Å². The summed E-state index contributed by atoms with van der Waals surface area (Å²) in [6.07, 6.45) is 4.77. The first-order valence-electron chi connectivity index (χ1n) is 5.58. The van der Waals surface area contributed by atoms with Gasteiger partial charge in [-0.15, -0.1) is 0 Å². The largest absolute Gasteiger partial charge is 0.467 e. The second kappa shape index (κ2) is 4.96. The molecule has 4 heteroatoms. The molecule has 1 atom stereocenters. The number of carbonyl (C=O) groups is 1. The summed E-state index contributed by atoms with van der Waals surface area (Å²) in [4.78, 5) is 18.0. The SMILES string of the molecule is COC(=O)C1CCCCN1c1ccccn1. The minimum absolute atomic E-state index is 0.162. The molecule has 0 bridgehead atoms. The van der Waals surface area contributed by atoms with Gasteiger partial charge in [-0.1, -0.05) is 6.07 Å². The van der Waals surface area contributed by atoms with Crippen molar-refractivity contribution in [1.82, 2.24) is 4.98 Å². The van der Waals surface area contributed by atoms with Crippen LogP contribution in [0.3, 0.4) is 0 Å². The fourth-order valence-corrected chi connectivity index (χ4v) is 2.11. The van der Waals surface area contributed by atoms with Crippen LogP contribution in [0.15, 0.2) is 24.4 Å². The second-order valence-electron chi connectivity index (χ2n) is 3.92. The first kappa shape index (κ1) is 10.9. The van der Waals surface area contributed by atoms with Crippen molar-refractivity contribution in [1.29, 1.82) is 0 Å². The minimum atomic E-state index is -0.173. The van der Waals surface area contributed by atoms with E-state index in [0.29, 0.717) is 0 Å². The topological polar surface area (TPSA) is 42.4 Å². The molecule has 2 heterocycles. The fraction of sp³-hybridized carbons (Fsp3) is 0.500. The predicted octanol–water partition coefficient (Wildman–Crippen LogP) is 1.61. The number of nitrogens with zero attached hydrogens (tertiary/aromatic N) is 2. The lowest BCUT2D eigenvalue weighted by Gasteiger charge is -2.34. The van der Waals surface area contributed by atoms with Gasteiger partial charge in [0.1, 0.15) is 11.9 Å². The van der Waals surface area contributed by atoms with E-state index in [1.54, 1.807) is 6.20 Å². The molecule has 1 aromatic heterocycles. The van der Waals surface area contributed by atoms with E-state index in [4.69, 9.17) is 4.74 Å². The van der Waals surface area contributed by atoms with Gasteiger partial charge in [0.15, 0.2) is 0 Å². The van der Waals surface area contributed by atoms with Crippen molar-refractivity contribution in [3.05, 3.63) is 24.4 Å². The van der Waals surface area contributed by atoms with Crippen molar-refractivity contribution < 1.29 is 9.53 Å². The highest BCUT2D eigenvalue weighted by Gasteiger charge is 2.30. The van der Waals surface area contributed by atoms with Crippen LogP contribution in [0.25, 0.3) is 0 Å². The second-order valence-corrected chi connectivity index (χ2v) is 3.92. The van der Waals surface area contributed by atoms with Crippen molar-refractivity contribution in [2.75, 3.05) is 18.6 Å². The maximum Gasteiger partial charge on any atom is 0.328 e. The Bertz CT molecular complexity index is 353. The van der Waals surface area contributed by atoms with E-state index in [-0.39, 0.29) is 12.0 Å². The van der Waals surface area contributed by atoms with Gasteiger partial charge in [-0.2, -0.15) is 0 Å². The molecule has 86 valence electrons. The molecule has 4 nitrogen and oxygen atoms in total. The Balaban J connectivity index is 2.20. The summed E-state index contributed by atoms with van der Waals surface area (Å²) in [6.45, 7) is 0.872. The standard InChI is InChI=1S/C12H16N2O2/c1-16-12(15)10-6-3-5-9-14(10)11-7-2-4-8-13-11/h2,4,7-8,10H,3,5-6,9H2,1H3. The third-order valence-corrected chi connectivity index (χ3v) is 2.92. The summed E-state index contributed by atoms with van der Waals surface area (Å²) in [5.74, 6) is 0.697. The summed E-state index contributed by atoms with van der Waals surface area (Å²) in [5.41, 5.74) is 0. The van der Waals surface area contributed by atoms with Crippen LogP contribution < -0.4 is 4.90 Å². The van der Waals surface area contributed by atoms with Gasteiger partial charge in [0.2, 0.25) is 0 Å². The van der Waals surface area contributed by atoms with Gasteiger partial charge in [-0.3, -0.25) is 0 Å². The Kier molecular flexibility index (Phi) is 3.39. The van der Waals surface area contributed by atoms with Crippen LogP contribution in [-0.4, -0.2) is 30.6 Å². The number of esters is 1. The van der Waals surface area contributed by atoms with Gasteiger partial charge in [-0.25, -0.2) is 9.78 Å². The fourth-order valence-electron chi connectivity index (χ4n) is 2.11. The van der Waals surface area contributed by atoms with E-state index >= 15 is 0 Å². The van der Waals surface area contributed by atoms with Crippen molar-refractivity contribution in [2.24, 2.45) is 0 Å². The number of methoxy groups -OCH3 is 1. The van der Waals surface area contributed by atoms with Crippen LogP contribution in [0.5, 0.6) is 0 Å². The van der Waals surface area contributed by atoms with Crippen molar-refractivity contribution in [3.8, 4) is 0 Å². The summed E-state index contributed by atoms with van der Waals surface area (Å²) >= 11 is 0. The van der Waals surface area contributed by atoms with Crippen LogP contribution in [0.4, 0.5) is 5.82 Å². The van der Waals surface area contributed by atoms with Crippen LogP contribution in [0, 0.1) is 0 Å². The molecule has 0 radical (unpaired) electrons. The highest BCUT2D eigenvalue weighted by Crippen LogP contribution is 2.23. The molecule has 1 saturated heterocycles. The van der Waals surface area contributed by atoms with Gasteiger partial charge in [0, 0.05) is 12.7 Å². The smallest absolute Gasteiger partial charge is 0.328 e. The van der Waals surface area contributed by atoms with Crippen molar-refractivity contribution in [2.45, 2.75) is 25.3 Å². The molecule has 2 rings (SSSR count). The van der Waals surface area contributed by atoms with E-state index < -0.39 is 0 Å². The number of ether oxygens (including phenoxy) is 1. The number of piperidine rings is 1. The zero-order chi connectivity index (χ0) is 11.4. The van der Waals surface area contributed by atoms with E-state index in [1.807, 2.05) is 23.1 Å². The molecule has 0 saturated carbocycles. The lowest BCUT2D eigenvalue weighted by molar-refractivity contribution is -0.142. The monoisotopic (exact) mass is 220 g/mol. The summed E-state index contributed by atoms with van der Waals surface area (Å²) in [7, 11) is 1.44. The highest BCUT2D eigenvalue weighted by molar-refractivity contribution is 5.79. The Labute approximate surface area is 95.2 Å². The molecular formula is C12H16N2O2. The maximum atomic E-state index is 11.7. The quantitative estimate of drug-likeness (QED) is 0.710. The molecule has 0 N–H and O–H groups in total. The molecule has 1 aliphatic heterocycles. The third-order valence-electron chi connectivity index (χ3n) is 2.92. The minimum Gasteiger partial charge on any atom is -0.467 e. The lowest BCUT2D eigenvalue weighted by Crippen LogP contribution is -2.45. The molecule has 0 aliphatic carbocycles. The number of anilines is 1. The number of rotatable bonds is 2. The zero-order valence-electron chi connectivity index (χ0n) is 9.43. The molecule has 1 fully saturated rings. The molecule has 0 spiro atoms. The van der Waals surface area contributed by atoms with Crippen LogP contribution in [0.2, 0.25) is 0 Å². The molecule has 16 heavy (non-hydrogen) atoms. The number of pyridine rings is 1. The number of hydrogen-bond donors (Lipinski definition) is 0. The van der Waals surface area contributed by atoms with E-state index in [2.05, 4.69) is 4.98 Å². The van der Waals surface area contributed by atoms with Crippen LogP contribution in [0.1, 0.15) is 19.3 Å². The molecule has 1 aromatic rings. The molecule has 0 aromatic carbocycles. The Morgan fingerprint density at radius 2 is 2.38 bits per heavy atom. The summed E-state index contributed by atoms with van der Waals surface area (Å²) in [5, 5.41) is 0. The van der Waals surface area contributed by atoms with E-state index in [1.165, 1.54) is 7.11 Å². The maximum absolute atomic E-state index is 11.7. The van der Waals surface area contributed by atoms with E-state index in [9.17, 15) is 4.79 Å². The Morgan fingerprint density at radius 1 is 1.50 bits per heavy atom. The van der Waals surface area contributed by atoms with Crippen molar-refractivity contribution in [3.63, 3.8) is 0 Å². The first-order chi connectivity index (χ1) is 7.83. The zero-order valence-corrected chi connectivity index (χ0v) is 9.43. The molecule has 0 amide bonds. The van der Waals surface area contributed by atoms with Gasteiger partial charge >= 0.3 is 5.97 Å². The van der Waals surface area contributed by atoms with Gasteiger partial charge < -0.3 is 9.64 Å². The van der Waals surface area contributed by atoms with Crippen LogP contribution in [-0.2, 0) is 9.53 Å². The van der Waals surface area contributed by atoms with Gasteiger partial charge in [0.25, 0.3) is 0 Å². The summed E-state index contributed by atoms with van der Waals surface area (Å²) < 4.78 is 4.83. The number of hydrogen-bond acceptors (Lipinski definition) is 4. The Morgan fingerprint density at radius 3 is 3.06 bits per heavy atom. The molecule has 1 aliphatic rings. The van der Waals surface area contributed by atoms with Crippen molar-refractivity contribution >= 4 is 11.8 Å². The lowest BCUT2D eigenvalue weighted by atomic mass is 10.0. The normalized spacial score (nSPS) is 20.6. The first-order valence-corrected chi connectivity index (χ1v) is 5.58.